The monoisotopic (exact) mass is 470 g/mol. The molecule has 3 amide bonds. The Labute approximate surface area is 199 Å². The van der Waals surface area contributed by atoms with Gasteiger partial charge in [-0.2, -0.15) is 0 Å². The average Bonchev–Trinajstić information content (AvgIpc) is 2.81. The van der Waals surface area contributed by atoms with Crippen molar-refractivity contribution in [3.63, 3.8) is 0 Å². The molecule has 1 saturated carbocycles. The van der Waals surface area contributed by atoms with Crippen LogP contribution in [-0.4, -0.2) is 30.3 Å². The maximum atomic E-state index is 12.7. The molecule has 0 bridgehead atoms. The molecule has 1 fully saturated rings. The highest BCUT2D eigenvalue weighted by Gasteiger charge is 2.19. The third-order valence-corrected chi connectivity index (χ3v) is 6.14. The molecule has 0 aromatic heterocycles. The van der Waals surface area contributed by atoms with E-state index in [-0.39, 0.29) is 30.3 Å². The van der Waals surface area contributed by atoms with Crippen molar-refractivity contribution in [3.8, 4) is 0 Å². The van der Waals surface area contributed by atoms with Gasteiger partial charge in [-0.1, -0.05) is 43.9 Å². The second kappa shape index (κ2) is 11.7. The predicted octanol–water partition coefficient (Wildman–Crippen LogP) is 5.11. The van der Waals surface area contributed by atoms with Crippen molar-refractivity contribution >= 4 is 46.4 Å². The number of hydrogen-bond acceptors (Lipinski definition) is 4. The molecular weight excluding hydrogens is 440 g/mol. The number of nitrogens with one attached hydrogen (secondary N) is 4. The van der Waals surface area contributed by atoms with Crippen molar-refractivity contribution in [1.29, 1.82) is 0 Å². The molecule has 0 unspecified atom stereocenters. The minimum Gasteiger partial charge on any atom is -0.376 e. The molecule has 176 valence electrons. The van der Waals surface area contributed by atoms with Crippen LogP contribution >= 0.6 is 11.6 Å². The van der Waals surface area contributed by atoms with Gasteiger partial charge in [0.2, 0.25) is 11.8 Å². The van der Waals surface area contributed by atoms with Crippen molar-refractivity contribution in [2.75, 3.05) is 22.5 Å². The lowest BCUT2D eigenvalue weighted by Gasteiger charge is -2.23. The first-order valence-corrected chi connectivity index (χ1v) is 11.8. The van der Waals surface area contributed by atoms with E-state index in [1.807, 2.05) is 6.92 Å². The van der Waals surface area contributed by atoms with Gasteiger partial charge >= 0.3 is 0 Å². The maximum absolute atomic E-state index is 12.7. The van der Waals surface area contributed by atoms with Crippen molar-refractivity contribution < 1.29 is 14.4 Å². The molecule has 4 N–H and O–H groups in total. The Hall–Kier alpha value is -3.06. The van der Waals surface area contributed by atoms with Crippen molar-refractivity contribution in [1.82, 2.24) is 5.32 Å². The van der Waals surface area contributed by atoms with Crippen LogP contribution in [0.5, 0.6) is 0 Å². The van der Waals surface area contributed by atoms with E-state index in [1.54, 1.807) is 43.3 Å². The van der Waals surface area contributed by atoms with Gasteiger partial charge in [0.15, 0.2) is 0 Å². The molecule has 8 heteroatoms. The van der Waals surface area contributed by atoms with E-state index >= 15 is 0 Å². The normalized spacial score (nSPS) is 13.8. The molecule has 2 aromatic carbocycles. The minimum atomic E-state index is -0.250. The van der Waals surface area contributed by atoms with Gasteiger partial charge in [0.25, 0.3) is 5.91 Å². The van der Waals surface area contributed by atoms with Gasteiger partial charge in [0, 0.05) is 29.5 Å². The number of benzene rings is 2. The molecular formula is C25H31ClN4O3. The summed E-state index contributed by atoms with van der Waals surface area (Å²) >= 11 is 6.26. The van der Waals surface area contributed by atoms with Gasteiger partial charge < -0.3 is 21.3 Å². The molecule has 1 aliphatic rings. The fourth-order valence-electron chi connectivity index (χ4n) is 3.84. The summed E-state index contributed by atoms with van der Waals surface area (Å²) in [5, 5.41) is 12.2. The van der Waals surface area contributed by atoms with Crippen LogP contribution in [0.2, 0.25) is 5.02 Å². The van der Waals surface area contributed by atoms with E-state index in [1.165, 1.54) is 6.42 Å². The minimum absolute atomic E-state index is 0.0102. The van der Waals surface area contributed by atoms with E-state index in [0.29, 0.717) is 34.1 Å². The number of halogens is 1. The molecule has 0 saturated heterocycles. The van der Waals surface area contributed by atoms with Gasteiger partial charge in [0.1, 0.15) is 0 Å². The van der Waals surface area contributed by atoms with Crippen molar-refractivity contribution in [2.45, 2.75) is 58.4 Å². The summed E-state index contributed by atoms with van der Waals surface area (Å²) in [5.74, 6) is -0.531. The summed E-state index contributed by atoms with van der Waals surface area (Å²) in [6.07, 6.45) is 5.83. The fraction of sp³-hybridized carbons (Fsp3) is 0.400. The van der Waals surface area contributed by atoms with E-state index in [0.717, 1.165) is 31.2 Å². The average molecular weight is 471 g/mol. The maximum Gasteiger partial charge on any atom is 0.253 e. The van der Waals surface area contributed by atoms with Crippen LogP contribution in [0.15, 0.2) is 36.4 Å². The van der Waals surface area contributed by atoms with Crippen LogP contribution in [0.4, 0.5) is 17.1 Å². The van der Waals surface area contributed by atoms with E-state index < -0.39 is 0 Å². The third kappa shape index (κ3) is 6.96. The first kappa shape index (κ1) is 24.6. The summed E-state index contributed by atoms with van der Waals surface area (Å²) < 4.78 is 0. The topological polar surface area (TPSA) is 99.3 Å². The smallest absolute Gasteiger partial charge is 0.253 e. The Morgan fingerprint density at radius 2 is 1.64 bits per heavy atom. The van der Waals surface area contributed by atoms with E-state index in [4.69, 9.17) is 11.6 Å². The molecule has 0 spiro atoms. The number of rotatable bonds is 8. The Bertz CT molecular complexity index is 1020. The molecule has 0 aliphatic heterocycles. The van der Waals surface area contributed by atoms with Gasteiger partial charge in [-0.3, -0.25) is 14.4 Å². The van der Waals surface area contributed by atoms with Gasteiger partial charge in [-0.15, -0.1) is 0 Å². The summed E-state index contributed by atoms with van der Waals surface area (Å²) in [4.78, 5) is 36.9. The first-order chi connectivity index (χ1) is 15.9. The third-order valence-electron chi connectivity index (χ3n) is 5.81. The summed E-state index contributed by atoms with van der Waals surface area (Å²) in [6, 6.07) is 10.6. The molecule has 0 radical (unpaired) electrons. The molecule has 3 rings (SSSR count). The highest BCUT2D eigenvalue weighted by atomic mass is 35.5. The predicted molar refractivity (Wildman–Crippen MR) is 133 cm³/mol. The number of hydrogen-bond donors (Lipinski definition) is 4. The second-order valence-corrected chi connectivity index (χ2v) is 8.69. The van der Waals surface area contributed by atoms with Crippen LogP contribution in [0.3, 0.4) is 0 Å². The lowest BCUT2D eigenvalue weighted by Crippen LogP contribution is -2.36. The van der Waals surface area contributed by atoms with E-state index in [2.05, 4.69) is 21.3 Å². The van der Waals surface area contributed by atoms with Crippen LogP contribution in [0.1, 0.15) is 61.4 Å². The lowest BCUT2D eigenvalue weighted by molar-refractivity contribution is -0.116. The number of carbonyl (C=O) groups is 3. The number of anilines is 3. The summed E-state index contributed by atoms with van der Waals surface area (Å²) in [7, 11) is 0. The van der Waals surface area contributed by atoms with Gasteiger partial charge in [-0.05, 0) is 55.7 Å². The van der Waals surface area contributed by atoms with Gasteiger partial charge in [0.05, 0.1) is 17.1 Å². The number of carbonyl (C=O) groups excluding carboxylic acids is 3. The van der Waals surface area contributed by atoms with Crippen molar-refractivity contribution in [2.24, 2.45) is 0 Å². The van der Waals surface area contributed by atoms with E-state index in [9.17, 15) is 14.4 Å². The molecule has 0 heterocycles. The fourth-order valence-corrected chi connectivity index (χ4v) is 4.04. The van der Waals surface area contributed by atoms with Crippen molar-refractivity contribution in [3.05, 3.63) is 52.5 Å². The Kier molecular flexibility index (Phi) is 8.72. The Morgan fingerprint density at radius 3 is 2.30 bits per heavy atom. The zero-order chi connectivity index (χ0) is 23.8. The number of amides is 3. The molecule has 7 nitrogen and oxygen atoms in total. The highest BCUT2D eigenvalue weighted by Crippen LogP contribution is 2.25. The largest absolute Gasteiger partial charge is 0.376 e. The molecule has 33 heavy (non-hydrogen) atoms. The highest BCUT2D eigenvalue weighted by molar-refractivity contribution is 6.34. The second-order valence-electron chi connectivity index (χ2n) is 8.28. The SMILES string of the molecule is CCC(=O)Nc1cccc(NC(=O)CNc2ccc(Cl)c(C(=O)NC3CCCCC3)c2)c1C. The first-order valence-electron chi connectivity index (χ1n) is 11.4. The molecule has 1 aliphatic carbocycles. The van der Waals surface area contributed by atoms with Crippen LogP contribution in [0, 0.1) is 6.92 Å². The summed E-state index contributed by atoms with van der Waals surface area (Å²) in [6.45, 7) is 3.63. The standard InChI is InChI=1S/C25H31ClN4O3/c1-3-23(31)29-21-10-7-11-22(16(21)2)30-24(32)15-27-18-12-13-20(26)19(14-18)25(33)28-17-8-5-4-6-9-17/h7,10-14,17,27H,3-6,8-9,15H2,1-2H3,(H,28,33)(H,29,31)(H,30,32). The zero-order valence-electron chi connectivity index (χ0n) is 19.1. The lowest BCUT2D eigenvalue weighted by atomic mass is 9.95. The van der Waals surface area contributed by atoms with Crippen LogP contribution in [0.25, 0.3) is 0 Å². The summed E-state index contributed by atoms with van der Waals surface area (Å²) in [5.41, 5.74) is 3.09. The zero-order valence-corrected chi connectivity index (χ0v) is 19.8. The van der Waals surface area contributed by atoms with Crippen LogP contribution in [-0.2, 0) is 9.59 Å². The Balaban J connectivity index is 1.59. The van der Waals surface area contributed by atoms with Crippen LogP contribution < -0.4 is 21.3 Å². The molecule has 2 aromatic rings. The Morgan fingerprint density at radius 1 is 0.970 bits per heavy atom. The quantitative estimate of drug-likeness (QED) is 0.430. The molecule has 0 atom stereocenters. The van der Waals surface area contributed by atoms with Gasteiger partial charge in [-0.25, -0.2) is 0 Å².